The largest absolute Gasteiger partial charge is 0.496 e. The molecule has 0 spiro atoms. The number of ether oxygens (including phenoxy) is 1. The van der Waals surface area contributed by atoms with Crippen LogP contribution in [-0.2, 0) is 0 Å². The topological polar surface area (TPSA) is 52.3 Å². The van der Waals surface area contributed by atoms with Crippen molar-refractivity contribution >= 4 is 11.5 Å². The van der Waals surface area contributed by atoms with E-state index in [0.29, 0.717) is 0 Å². The van der Waals surface area contributed by atoms with E-state index in [0.717, 1.165) is 6.07 Å². The van der Waals surface area contributed by atoms with Crippen LogP contribution in [0.4, 0.5) is 10.1 Å². The van der Waals surface area contributed by atoms with Gasteiger partial charge in [-0.1, -0.05) is 0 Å². The van der Waals surface area contributed by atoms with Gasteiger partial charge in [0, 0.05) is 11.8 Å². The molecule has 0 amide bonds. The molecule has 0 aliphatic heterocycles. The maximum Gasteiger partial charge on any atom is 0.166 e. The number of hydrogen-bond acceptors (Lipinski definition) is 3. The predicted molar refractivity (Wildman–Crippen MR) is 47.4 cm³/mol. The molecule has 1 rings (SSSR count). The summed E-state index contributed by atoms with van der Waals surface area (Å²) in [5, 5.41) is 0. The summed E-state index contributed by atoms with van der Waals surface area (Å²) in [6.07, 6.45) is 0. The van der Waals surface area contributed by atoms with Crippen molar-refractivity contribution in [3.63, 3.8) is 0 Å². The van der Waals surface area contributed by atoms with Crippen LogP contribution in [0, 0.1) is 5.82 Å². The zero-order valence-corrected chi connectivity index (χ0v) is 7.43. The highest BCUT2D eigenvalue weighted by Crippen LogP contribution is 2.25. The van der Waals surface area contributed by atoms with E-state index < -0.39 is 5.82 Å². The van der Waals surface area contributed by atoms with Crippen molar-refractivity contribution in [2.75, 3.05) is 12.8 Å². The number of anilines is 1. The summed E-state index contributed by atoms with van der Waals surface area (Å²) < 4.78 is 18.0. The smallest absolute Gasteiger partial charge is 0.166 e. The van der Waals surface area contributed by atoms with Gasteiger partial charge < -0.3 is 10.5 Å². The number of halogens is 1. The van der Waals surface area contributed by atoms with Crippen molar-refractivity contribution in [1.82, 2.24) is 0 Å². The van der Waals surface area contributed by atoms with Crippen LogP contribution in [0.2, 0.25) is 0 Å². The van der Waals surface area contributed by atoms with Crippen molar-refractivity contribution in [1.29, 1.82) is 0 Å². The van der Waals surface area contributed by atoms with Gasteiger partial charge in [0.25, 0.3) is 0 Å². The lowest BCUT2D eigenvalue weighted by atomic mass is 10.1. The molecular weight excluding hydrogens is 173 g/mol. The third-order valence-corrected chi connectivity index (χ3v) is 1.65. The van der Waals surface area contributed by atoms with Gasteiger partial charge in [-0.15, -0.1) is 0 Å². The van der Waals surface area contributed by atoms with E-state index in [2.05, 4.69) is 0 Å². The van der Waals surface area contributed by atoms with E-state index in [1.807, 2.05) is 0 Å². The molecule has 0 atom stereocenters. The molecule has 0 aromatic heterocycles. The van der Waals surface area contributed by atoms with Crippen molar-refractivity contribution < 1.29 is 13.9 Å². The fraction of sp³-hybridized carbons (Fsp3) is 0.222. The molecule has 0 bridgehead atoms. The molecule has 13 heavy (non-hydrogen) atoms. The van der Waals surface area contributed by atoms with Gasteiger partial charge in [0.05, 0.1) is 12.7 Å². The summed E-state index contributed by atoms with van der Waals surface area (Å²) in [4.78, 5) is 11.0. The van der Waals surface area contributed by atoms with Crippen LogP contribution in [0.5, 0.6) is 5.75 Å². The van der Waals surface area contributed by atoms with Gasteiger partial charge in [0.15, 0.2) is 5.78 Å². The second-order valence-corrected chi connectivity index (χ2v) is 2.64. The first-order chi connectivity index (χ1) is 6.06. The number of nitrogens with two attached hydrogens (primary N) is 1. The van der Waals surface area contributed by atoms with Crippen LogP contribution < -0.4 is 10.5 Å². The lowest BCUT2D eigenvalue weighted by Crippen LogP contribution is -2.02. The van der Waals surface area contributed by atoms with Crippen LogP contribution >= 0.6 is 0 Å². The van der Waals surface area contributed by atoms with E-state index in [9.17, 15) is 9.18 Å². The molecular formula is C9H10FNO2. The number of methoxy groups -OCH3 is 1. The molecule has 1 aromatic rings. The molecule has 2 N–H and O–H groups in total. The Labute approximate surface area is 75.3 Å². The molecule has 0 saturated heterocycles. The molecule has 0 aliphatic carbocycles. The standard InChI is InChI=1S/C9H10FNO2/c1-5(12)9-7(10)3-6(11)4-8(9)13-2/h3-4H,11H2,1-2H3. The molecule has 0 radical (unpaired) electrons. The first-order valence-electron chi connectivity index (χ1n) is 3.70. The van der Waals surface area contributed by atoms with Crippen LogP contribution in [0.1, 0.15) is 17.3 Å². The van der Waals surface area contributed by atoms with Gasteiger partial charge >= 0.3 is 0 Å². The Balaban J connectivity index is 3.38. The van der Waals surface area contributed by atoms with Crippen molar-refractivity contribution in [2.45, 2.75) is 6.92 Å². The predicted octanol–water partition coefficient (Wildman–Crippen LogP) is 1.62. The Bertz CT molecular complexity index is 350. The first-order valence-corrected chi connectivity index (χ1v) is 3.70. The molecule has 0 heterocycles. The summed E-state index contributed by atoms with van der Waals surface area (Å²) in [6.45, 7) is 1.27. The molecule has 1 aromatic carbocycles. The number of carbonyl (C=O) groups excluding carboxylic acids is 1. The Morgan fingerprint density at radius 1 is 1.54 bits per heavy atom. The number of Topliss-reactive ketones (excluding diaryl/α,β-unsaturated/α-hetero) is 1. The maximum absolute atomic E-state index is 13.2. The SMILES string of the molecule is COc1cc(N)cc(F)c1C(C)=O. The van der Waals surface area contributed by atoms with E-state index in [-0.39, 0.29) is 22.8 Å². The molecule has 4 heteroatoms. The van der Waals surface area contributed by atoms with Gasteiger partial charge in [-0.25, -0.2) is 4.39 Å². The number of rotatable bonds is 2. The average molecular weight is 183 g/mol. The molecule has 70 valence electrons. The summed E-state index contributed by atoms with van der Waals surface area (Å²) >= 11 is 0. The fourth-order valence-corrected chi connectivity index (χ4v) is 1.10. The third kappa shape index (κ3) is 1.77. The van der Waals surface area contributed by atoms with Gasteiger partial charge in [-0.05, 0) is 13.0 Å². The monoisotopic (exact) mass is 183 g/mol. The number of benzene rings is 1. The first kappa shape index (κ1) is 9.51. The molecule has 3 nitrogen and oxygen atoms in total. The quantitative estimate of drug-likeness (QED) is 0.560. The summed E-state index contributed by atoms with van der Waals surface area (Å²) in [5.74, 6) is -0.858. The van der Waals surface area contributed by atoms with Crippen LogP contribution in [0.25, 0.3) is 0 Å². The van der Waals surface area contributed by atoms with Gasteiger partial charge in [-0.3, -0.25) is 4.79 Å². The minimum atomic E-state index is -0.649. The number of hydrogen-bond donors (Lipinski definition) is 1. The Morgan fingerprint density at radius 3 is 2.62 bits per heavy atom. The fourth-order valence-electron chi connectivity index (χ4n) is 1.10. The zero-order valence-electron chi connectivity index (χ0n) is 7.43. The Kier molecular flexibility index (Phi) is 2.51. The molecule has 0 saturated carbocycles. The minimum Gasteiger partial charge on any atom is -0.496 e. The van der Waals surface area contributed by atoms with Gasteiger partial charge in [0.2, 0.25) is 0 Å². The van der Waals surface area contributed by atoms with Crippen LogP contribution in [-0.4, -0.2) is 12.9 Å². The van der Waals surface area contributed by atoms with Crippen molar-refractivity contribution in [3.05, 3.63) is 23.5 Å². The lowest BCUT2D eigenvalue weighted by molar-refractivity contribution is 0.101. The minimum absolute atomic E-state index is 0.0586. The highest BCUT2D eigenvalue weighted by molar-refractivity contribution is 5.97. The highest BCUT2D eigenvalue weighted by Gasteiger charge is 2.14. The van der Waals surface area contributed by atoms with Crippen molar-refractivity contribution in [2.24, 2.45) is 0 Å². The molecule has 0 aliphatic rings. The maximum atomic E-state index is 13.2. The van der Waals surface area contributed by atoms with E-state index in [4.69, 9.17) is 10.5 Å². The Hall–Kier alpha value is -1.58. The number of ketones is 1. The summed E-state index contributed by atoms with van der Waals surface area (Å²) in [7, 11) is 1.36. The number of nitrogen functional groups attached to an aromatic ring is 1. The van der Waals surface area contributed by atoms with Crippen LogP contribution in [0.3, 0.4) is 0 Å². The molecule has 0 fully saturated rings. The normalized spacial score (nSPS) is 9.77. The summed E-state index contributed by atoms with van der Waals surface area (Å²) in [5.41, 5.74) is 5.55. The zero-order chi connectivity index (χ0) is 10.0. The second-order valence-electron chi connectivity index (χ2n) is 2.64. The van der Waals surface area contributed by atoms with Gasteiger partial charge in [0.1, 0.15) is 11.6 Å². The Morgan fingerprint density at radius 2 is 2.15 bits per heavy atom. The highest BCUT2D eigenvalue weighted by atomic mass is 19.1. The van der Waals surface area contributed by atoms with E-state index >= 15 is 0 Å². The average Bonchev–Trinajstić information content (AvgIpc) is 2.01. The third-order valence-electron chi connectivity index (χ3n) is 1.65. The van der Waals surface area contributed by atoms with Crippen LogP contribution in [0.15, 0.2) is 12.1 Å². The second kappa shape index (κ2) is 3.43. The number of carbonyl (C=O) groups is 1. The summed E-state index contributed by atoms with van der Waals surface area (Å²) in [6, 6.07) is 2.51. The van der Waals surface area contributed by atoms with E-state index in [1.165, 1.54) is 20.1 Å². The van der Waals surface area contributed by atoms with Gasteiger partial charge in [-0.2, -0.15) is 0 Å². The van der Waals surface area contributed by atoms with Crippen molar-refractivity contribution in [3.8, 4) is 5.75 Å². The van der Waals surface area contributed by atoms with E-state index in [1.54, 1.807) is 0 Å². The lowest BCUT2D eigenvalue weighted by Gasteiger charge is -2.07. The molecule has 0 unspecified atom stereocenters.